The molecule has 0 fully saturated rings. The minimum absolute atomic E-state index is 0.00356. The van der Waals surface area contributed by atoms with E-state index in [2.05, 4.69) is 15.5 Å². The lowest BCUT2D eigenvalue weighted by Gasteiger charge is -2.06. The molecule has 9 heteroatoms. The molecule has 2 heterocycles. The van der Waals surface area contributed by atoms with Crippen molar-refractivity contribution in [2.45, 2.75) is 12.7 Å². The fourth-order valence-electron chi connectivity index (χ4n) is 2.16. The molecule has 1 N–H and O–H groups in total. The lowest BCUT2D eigenvalue weighted by Crippen LogP contribution is -2.23. The summed E-state index contributed by atoms with van der Waals surface area (Å²) in [6, 6.07) is 10.5. The molecule has 0 bridgehead atoms. The van der Waals surface area contributed by atoms with Gasteiger partial charge in [-0.05, 0) is 18.2 Å². The van der Waals surface area contributed by atoms with E-state index in [1.165, 1.54) is 0 Å². The molecule has 0 aliphatic carbocycles. The van der Waals surface area contributed by atoms with Gasteiger partial charge in [-0.2, -0.15) is 13.2 Å². The summed E-state index contributed by atoms with van der Waals surface area (Å²) in [4.78, 5) is 15.2. The zero-order valence-electron chi connectivity index (χ0n) is 13.0. The zero-order valence-corrected chi connectivity index (χ0v) is 13.8. The van der Waals surface area contributed by atoms with Gasteiger partial charge < -0.3 is 9.84 Å². The number of rotatable bonds is 4. The highest BCUT2D eigenvalue weighted by Crippen LogP contribution is 2.28. The maximum Gasteiger partial charge on any atom is 0.433 e. The third kappa shape index (κ3) is 4.02. The van der Waals surface area contributed by atoms with Crippen LogP contribution in [0.25, 0.3) is 11.3 Å². The van der Waals surface area contributed by atoms with Gasteiger partial charge in [-0.3, -0.25) is 9.78 Å². The summed E-state index contributed by atoms with van der Waals surface area (Å²) in [6.45, 7) is 0.0112. The predicted molar refractivity (Wildman–Crippen MR) is 87.4 cm³/mol. The number of nitrogens with zero attached hydrogens (tertiary/aromatic N) is 2. The Labute approximate surface area is 150 Å². The molecule has 0 unspecified atom stereocenters. The van der Waals surface area contributed by atoms with Crippen molar-refractivity contribution in [1.29, 1.82) is 0 Å². The predicted octanol–water partition coefficient (Wildman–Crippen LogP) is 4.34. The fourth-order valence-corrected chi connectivity index (χ4v) is 2.39. The highest BCUT2D eigenvalue weighted by atomic mass is 35.5. The van der Waals surface area contributed by atoms with Crippen LogP contribution in [0, 0.1) is 0 Å². The first-order valence-corrected chi connectivity index (χ1v) is 7.74. The maximum atomic E-state index is 12.5. The summed E-state index contributed by atoms with van der Waals surface area (Å²) in [6.07, 6.45) is -3.68. The van der Waals surface area contributed by atoms with Crippen LogP contribution in [0.5, 0.6) is 0 Å². The number of alkyl halides is 3. The zero-order chi connectivity index (χ0) is 18.7. The minimum Gasteiger partial charge on any atom is -0.359 e. The summed E-state index contributed by atoms with van der Waals surface area (Å²) < 4.78 is 42.5. The van der Waals surface area contributed by atoms with Gasteiger partial charge in [-0.15, -0.1) is 0 Å². The molecule has 1 amide bonds. The fraction of sp³-hybridized carbons (Fsp3) is 0.118. The highest BCUT2D eigenvalue weighted by molar-refractivity contribution is 6.33. The van der Waals surface area contributed by atoms with E-state index in [9.17, 15) is 18.0 Å². The van der Waals surface area contributed by atoms with Crippen LogP contribution < -0.4 is 5.32 Å². The van der Waals surface area contributed by atoms with Gasteiger partial charge in [0.2, 0.25) is 0 Å². The lowest BCUT2D eigenvalue weighted by atomic mass is 10.1. The molecule has 5 nitrogen and oxygen atoms in total. The van der Waals surface area contributed by atoms with E-state index in [4.69, 9.17) is 16.1 Å². The van der Waals surface area contributed by atoms with Crippen LogP contribution in [0.1, 0.15) is 21.8 Å². The van der Waals surface area contributed by atoms with Crippen LogP contribution in [0.4, 0.5) is 13.2 Å². The summed E-state index contributed by atoms with van der Waals surface area (Å²) in [5.74, 6) is -0.213. The molecule has 134 valence electrons. The van der Waals surface area contributed by atoms with E-state index >= 15 is 0 Å². The Bertz CT molecular complexity index is 924. The molecule has 1 aromatic carbocycles. The van der Waals surface area contributed by atoms with E-state index in [1.54, 1.807) is 30.3 Å². The third-order valence-corrected chi connectivity index (χ3v) is 3.78. The molecule has 26 heavy (non-hydrogen) atoms. The lowest BCUT2D eigenvalue weighted by molar-refractivity contribution is -0.141. The van der Waals surface area contributed by atoms with E-state index < -0.39 is 17.8 Å². The van der Waals surface area contributed by atoms with Crippen molar-refractivity contribution in [1.82, 2.24) is 15.5 Å². The maximum absolute atomic E-state index is 12.5. The molecule has 2 aromatic heterocycles. The van der Waals surface area contributed by atoms with Gasteiger partial charge in [0, 0.05) is 17.8 Å². The average Bonchev–Trinajstić information content (AvgIpc) is 3.08. The summed E-state index contributed by atoms with van der Waals surface area (Å²) in [5.41, 5.74) is 0.135. The first-order chi connectivity index (χ1) is 12.3. The topological polar surface area (TPSA) is 68.0 Å². The Morgan fingerprint density at radius 3 is 2.62 bits per heavy atom. The molecule has 0 atom stereocenters. The van der Waals surface area contributed by atoms with Crippen LogP contribution in [0.3, 0.4) is 0 Å². The van der Waals surface area contributed by atoms with E-state index in [-0.39, 0.29) is 12.1 Å². The second-order valence-corrected chi connectivity index (χ2v) is 5.68. The normalized spacial score (nSPS) is 11.4. The van der Waals surface area contributed by atoms with Gasteiger partial charge in [0.1, 0.15) is 11.4 Å². The van der Waals surface area contributed by atoms with Gasteiger partial charge in [0.05, 0.1) is 17.1 Å². The number of carbonyl (C=O) groups excluding carboxylic acids is 1. The van der Waals surface area contributed by atoms with Crippen molar-refractivity contribution in [3.8, 4) is 11.3 Å². The molecule has 0 saturated carbocycles. The first-order valence-electron chi connectivity index (χ1n) is 7.36. The Kier molecular flexibility index (Phi) is 4.94. The van der Waals surface area contributed by atoms with Gasteiger partial charge in [-0.1, -0.05) is 35.0 Å². The summed E-state index contributed by atoms with van der Waals surface area (Å²) >= 11 is 6.08. The monoisotopic (exact) mass is 381 g/mol. The molecular formula is C17H11ClF3N3O2. The van der Waals surface area contributed by atoms with Crippen molar-refractivity contribution in [3.05, 3.63) is 70.7 Å². The SMILES string of the molecule is O=C(NCc1cc(-c2ccccc2Cl)no1)c1ccc(C(F)(F)F)nc1. The Hall–Kier alpha value is -2.87. The van der Waals surface area contributed by atoms with Crippen molar-refractivity contribution in [2.24, 2.45) is 0 Å². The van der Waals surface area contributed by atoms with Crippen molar-refractivity contribution < 1.29 is 22.5 Å². The highest BCUT2D eigenvalue weighted by Gasteiger charge is 2.32. The molecule has 0 radical (unpaired) electrons. The standard InChI is InChI=1S/C17H11ClF3N3O2/c18-13-4-2-1-3-12(13)14-7-11(26-24-14)9-23-16(25)10-5-6-15(22-8-10)17(19,20)21/h1-8H,9H2,(H,23,25). The number of carbonyl (C=O) groups is 1. The van der Waals surface area contributed by atoms with E-state index in [1.807, 2.05) is 0 Å². The Morgan fingerprint density at radius 1 is 1.19 bits per heavy atom. The smallest absolute Gasteiger partial charge is 0.359 e. The third-order valence-electron chi connectivity index (χ3n) is 3.45. The largest absolute Gasteiger partial charge is 0.433 e. The second kappa shape index (κ2) is 7.17. The first kappa shape index (κ1) is 17.9. The number of hydrogen-bond donors (Lipinski definition) is 1. The van der Waals surface area contributed by atoms with Crippen LogP contribution in [0.2, 0.25) is 5.02 Å². The molecule has 3 rings (SSSR count). The Balaban J connectivity index is 1.64. The summed E-state index contributed by atoms with van der Waals surface area (Å²) in [5, 5.41) is 6.92. The molecule has 3 aromatic rings. The van der Waals surface area contributed by atoms with E-state index in [0.717, 1.165) is 18.3 Å². The number of hydrogen-bond acceptors (Lipinski definition) is 4. The van der Waals surface area contributed by atoms with Crippen LogP contribution in [0.15, 0.2) is 53.2 Å². The van der Waals surface area contributed by atoms with Crippen molar-refractivity contribution in [2.75, 3.05) is 0 Å². The minimum atomic E-state index is -4.55. The number of nitrogens with one attached hydrogen (secondary N) is 1. The van der Waals surface area contributed by atoms with Gasteiger partial charge in [0.25, 0.3) is 5.91 Å². The average molecular weight is 382 g/mol. The number of halogens is 4. The summed E-state index contributed by atoms with van der Waals surface area (Å²) in [7, 11) is 0. The molecule has 0 aliphatic heterocycles. The van der Waals surface area contributed by atoms with Crippen molar-refractivity contribution in [3.63, 3.8) is 0 Å². The number of aromatic nitrogens is 2. The van der Waals surface area contributed by atoms with Crippen molar-refractivity contribution >= 4 is 17.5 Å². The molecule has 0 saturated heterocycles. The van der Waals surface area contributed by atoms with Crippen LogP contribution >= 0.6 is 11.6 Å². The molecular weight excluding hydrogens is 371 g/mol. The van der Waals surface area contributed by atoms with Gasteiger partial charge in [-0.25, -0.2) is 0 Å². The quantitative estimate of drug-likeness (QED) is 0.730. The van der Waals surface area contributed by atoms with Gasteiger partial charge >= 0.3 is 6.18 Å². The van der Waals surface area contributed by atoms with Crippen LogP contribution in [-0.4, -0.2) is 16.0 Å². The second-order valence-electron chi connectivity index (χ2n) is 5.27. The number of pyridine rings is 1. The van der Waals surface area contributed by atoms with Crippen LogP contribution in [-0.2, 0) is 12.7 Å². The number of amides is 1. The Morgan fingerprint density at radius 2 is 1.96 bits per heavy atom. The van der Waals surface area contributed by atoms with Gasteiger partial charge in [0.15, 0.2) is 5.76 Å². The van der Waals surface area contributed by atoms with E-state index in [0.29, 0.717) is 22.0 Å². The molecule has 0 spiro atoms. The number of benzene rings is 1. The molecule has 0 aliphatic rings.